The van der Waals surface area contributed by atoms with Crippen LogP contribution < -0.4 is 9.62 Å². The molecule has 0 radical (unpaired) electrons. The van der Waals surface area contributed by atoms with Crippen molar-refractivity contribution in [2.75, 3.05) is 17.4 Å². The number of carbonyl (C=O) groups excluding carboxylic acids is 2. The molecule has 1 unspecified atom stereocenters. The van der Waals surface area contributed by atoms with Crippen molar-refractivity contribution in [3.05, 3.63) is 94.8 Å². The van der Waals surface area contributed by atoms with E-state index >= 15 is 0 Å². The van der Waals surface area contributed by atoms with Gasteiger partial charge in [-0.2, -0.15) is 0 Å². The van der Waals surface area contributed by atoms with Gasteiger partial charge in [0.1, 0.15) is 18.4 Å². The lowest BCUT2D eigenvalue weighted by Gasteiger charge is -2.33. The summed E-state index contributed by atoms with van der Waals surface area (Å²) < 4.78 is 42.4. The first-order valence-corrected chi connectivity index (χ1v) is 15.1. The molecule has 0 saturated heterocycles. The third-order valence-electron chi connectivity index (χ3n) is 6.55. The van der Waals surface area contributed by atoms with Gasteiger partial charge in [-0.15, -0.1) is 0 Å². The first kappa shape index (κ1) is 31.1. The Morgan fingerprint density at radius 1 is 0.975 bits per heavy atom. The Morgan fingerprint density at radius 3 is 2.23 bits per heavy atom. The van der Waals surface area contributed by atoms with E-state index in [9.17, 15) is 22.4 Å². The third kappa shape index (κ3) is 7.82. The fourth-order valence-corrected chi connectivity index (χ4v) is 5.91. The van der Waals surface area contributed by atoms with Gasteiger partial charge in [0.05, 0.1) is 10.6 Å². The summed E-state index contributed by atoms with van der Waals surface area (Å²) in [7, 11) is -4.19. The highest BCUT2D eigenvalue weighted by molar-refractivity contribution is 7.92. The molecule has 1 atom stereocenters. The topological polar surface area (TPSA) is 86.8 Å². The van der Waals surface area contributed by atoms with Gasteiger partial charge in [-0.05, 0) is 73.4 Å². The van der Waals surface area contributed by atoms with E-state index < -0.39 is 34.3 Å². The summed E-state index contributed by atoms with van der Waals surface area (Å²) in [6, 6.07) is 17.4. The lowest BCUT2D eigenvalue weighted by Crippen LogP contribution is -2.52. The Labute approximate surface area is 241 Å². The molecule has 3 aromatic rings. The zero-order valence-corrected chi connectivity index (χ0v) is 24.5. The minimum atomic E-state index is -4.19. The summed E-state index contributed by atoms with van der Waals surface area (Å²) in [5, 5.41) is 3.26. The van der Waals surface area contributed by atoms with Crippen LogP contribution in [0.1, 0.15) is 44.2 Å². The minimum absolute atomic E-state index is 0.00141. The highest BCUT2D eigenvalue weighted by atomic mass is 35.5. The smallest absolute Gasteiger partial charge is 0.264 e. The maximum Gasteiger partial charge on any atom is 0.264 e. The molecule has 2 amide bonds. The van der Waals surface area contributed by atoms with Crippen LogP contribution in [0.3, 0.4) is 0 Å². The average Bonchev–Trinajstić information content (AvgIpc) is 2.93. The van der Waals surface area contributed by atoms with Crippen molar-refractivity contribution in [2.24, 2.45) is 0 Å². The molecule has 0 saturated carbocycles. The van der Waals surface area contributed by atoms with Gasteiger partial charge in [0, 0.05) is 18.1 Å². The van der Waals surface area contributed by atoms with Crippen molar-refractivity contribution >= 4 is 39.1 Å². The van der Waals surface area contributed by atoms with Crippen LogP contribution in [-0.4, -0.2) is 44.3 Å². The molecule has 0 aliphatic heterocycles. The zero-order valence-electron chi connectivity index (χ0n) is 22.9. The molecule has 0 fully saturated rings. The van der Waals surface area contributed by atoms with Gasteiger partial charge >= 0.3 is 0 Å². The number of unbranched alkanes of at least 4 members (excludes halogenated alkanes) is 1. The Balaban J connectivity index is 2.04. The number of nitrogens with zero attached hydrogens (tertiary/aromatic N) is 2. The van der Waals surface area contributed by atoms with Gasteiger partial charge in [-0.1, -0.05) is 62.2 Å². The standard InChI is InChI=1S/C30H35ClFN3O4S/c1-4-6-19-33-30(37)27(5-2)34(20-23-11-15-25(32)16-12-23)29(36)21-35(28-10-8-7-9-22(28)3)40(38,39)26-17-13-24(31)14-18-26/h7-18,27H,4-6,19-21H2,1-3H3,(H,33,37). The Bertz CT molecular complexity index is 1400. The lowest BCUT2D eigenvalue weighted by molar-refractivity contribution is -0.140. The zero-order chi connectivity index (χ0) is 29.3. The van der Waals surface area contributed by atoms with E-state index in [1.54, 1.807) is 50.2 Å². The number of sulfonamides is 1. The van der Waals surface area contributed by atoms with Gasteiger partial charge in [0.25, 0.3) is 10.0 Å². The maximum absolute atomic E-state index is 14.0. The van der Waals surface area contributed by atoms with E-state index in [4.69, 9.17) is 11.6 Å². The number of anilines is 1. The van der Waals surface area contributed by atoms with Crippen LogP contribution in [0, 0.1) is 12.7 Å². The van der Waals surface area contributed by atoms with E-state index in [1.807, 2.05) is 6.92 Å². The second-order valence-corrected chi connectivity index (χ2v) is 11.8. The minimum Gasteiger partial charge on any atom is -0.354 e. The first-order chi connectivity index (χ1) is 19.1. The molecule has 0 bridgehead atoms. The number of carbonyl (C=O) groups is 2. The van der Waals surface area contributed by atoms with Crippen molar-refractivity contribution in [3.63, 3.8) is 0 Å². The number of hydrogen-bond acceptors (Lipinski definition) is 4. The lowest BCUT2D eigenvalue weighted by atomic mass is 10.1. The van der Waals surface area contributed by atoms with Gasteiger partial charge in [0.15, 0.2) is 0 Å². The van der Waals surface area contributed by atoms with Crippen LogP contribution in [0.15, 0.2) is 77.7 Å². The van der Waals surface area contributed by atoms with Gasteiger partial charge in [-0.25, -0.2) is 12.8 Å². The number of aryl methyl sites for hydroxylation is 1. The van der Waals surface area contributed by atoms with E-state index in [-0.39, 0.29) is 17.3 Å². The monoisotopic (exact) mass is 587 g/mol. The molecule has 3 rings (SSSR count). The van der Waals surface area contributed by atoms with E-state index in [0.29, 0.717) is 34.8 Å². The first-order valence-electron chi connectivity index (χ1n) is 13.2. The summed E-state index contributed by atoms with van der Waals surface area (Å²) in [6.07, 6.45) is 1.98. The summed E-state index contributed by atoms with van der Waals surface area (Å²) in [5.74, 6) is -1.32. The Morgan fingerprint density at radius 2 is 1.62 bits per heavy atom. The van der Waals surface area contributed by atoms with Gasteiger partial charge < -0.3 is 10.2 Å². The van der Waals surface area contributed by atoms with Crippen LogP contribution in [0.5, 0.6) is 0 Å². The maximum atomic E-state index is 14.0. The number of hydrogen-bond donors (Lipinski definition) is 1. The number of rotatable bonds is 13. The predicted octanol–water partition coefficient (Wildman–Crippen LogP) is 5.71. The average molecular weight is 588 g/mol. The van der Waals surface area contributed by atoms with E-state index in [2.05, 4.69) is 5.32 Å². The summed E-state index contributed by atoms with van der Waals surface area (Å²) >= 11 is 5.99. The van der Waals surface area contributed by atoms with Crippen LogP contribution in [0.4, 0.5) is 10.1 Å². The Hall–Kier alpha value is -3.43. The van der Waals surface area contributed by atoms with Crippen molar-refractivity contribution in [2.45, 2.75) is 57.5 Å². The van der Waals surface area contributed by atoms with Crippen LogP contribution in [-0.2, 0) is 26.2 Å². The number of benzene rings is 3. The number of halogens is 2. The van der Waals surface area contributed by atoms with Crippen molar-refractivity contribution in [1.29, 1.82) is 0 Å². The summed E-state index contributed by atoms with van der Waals surface area (Å²) in [4.78, 5) is 28.6. The second-order valence-electron chi connectivity index (χ2n) is 9.47. The number of para-hydroxylation sites is 1. The molecule has 0 spiro atoms. The predicted molar refractivity (Wildman–Crippen MR) is 156 cm³/mol. The fraction of sp³-hybridized carbons (Fsp3) is 0.333. The molecule has 0 aliphatic carbocycles. The molecule has 0 aromatic heterocycles. The highest BCUT2D eigenvalue weighted by Crippen LogP contribution is 2.28. The number of nitrogens with one attached hydrogen (secondary N) is 1. The van der Waals surface area contributed by atoms with Crippen LogP contribution in [0.2, 0.25) is 5.02 Å². The summed E-state index contributed by atoms with van der Waals surface area (Å²) in [5.41, 5.74) is 1.60. The molecule has 3 aromatic carbocycles. The fourth-order valence-electron chi connectivity index (χ4n) is 4.30. The molecule has 214 valence electrons. The molecular weight excluding hydrogens is 553 g/mol. The normalized spacial score (nSPS) is 12.0. The SMILES string of the molecule is CCCCNC(=O)C(CC)N(Cc1ccc(F)cc1)C(=O)CN(c1ccccc1C)S(=O)(=O)c1ccc(Cl)cc1. The van der Waals surface area contributed by atoms with Crippen LogP contribution >= 0.6 is 11.6 Å². The van der Waals surface area contributed by atoms with Crippen molar-refractivity contribution in [3.8, 4) is 0 Å². The largest absolute Gasteiger partial charge is 0.354 e. The molecule has 0 aliphatic rings. The molecule has 7 nitrogen and oxygen atoms in total. The molecular formula is C30H35ClFN3O4S. The van der Waals surface area contributed by atoms with Gasteiger partial charge in [-0.3, -0.25) is 13.9 Å². The molecule has 10 heteroatoms. The quantitative estimate of drug-likeness (QED) is 0.260. The Kier molecular flexibility index (Phi) is 11.1. The molecule has 1 N–H and O–H groups in total. The van der Waals surface area contributed by atoms with Crippen molar-refractivity contribution < 1.29 is 22.4 Å². The molecule has 0 heterocycles. The number of amides is 2. The van der Waals surface area contributed by atoms with Crippen molar-refractivity contribution in [1.82, 2.24) is 10.2 Å². The second kappa shape index (κ2) is 14.3. The third-order valence-corrected chi connectivity index (χ3v) is 8.57. The van der Waals surface area contributed by atoms with Gasteiger partial charge in [0.2, 0.25) is 11.8 Å². The summed E-state index contributed by atoms with van der Waals surface area (Å²) in [6.45, 7) is 5.48. The van der Waals surface area contributed by atoms with E-state index in [1.165, 1.54) is 41.3 Å². The molecule has 40 heavy (non-hydrogen) atoms. The van der Waals surface area contributed by atoms with E-state index in [0.717, 1.165) is 17.1 Å². The van der Waals surface area contributed by atoms with Crippen LogP contribution in [0.25, 0.3) is 0 Å². The highest BCUT2D eigenvalue weighted by Gasteiger charge is 2.34.